The van der Waals surface area contributed by atoms with Crippen molar-refractivity contribution >= 4 is 11.3 Å². The molecule has 10 heavy (non-hydrogen) atoms. The zero-order valence-electron chi connectivity index (χ0n) is 6.22. The molecule has 0 aliphatic carbocycles. The Morgan fingerprint density at radius 1 is 1.60 bits per heavy atom. The van der Waals surface area contributed by atoms with Gasteiger partial charge >= 0.3 is 0 Å². The average Bonchev–Trinajstić information content (AvgIpc) is 2.31. The molecule has 0 aliphatic heterocycles. The molecule has 58 valence electrons. The second-order valence-electron chi connectivity index (χ2n) is 2.00. The van der Waals surface area contributed by atoms with Crippen LogP contribution in [0.1, 0.15) is 18.4 Å². The fraction of sp³-hybridized carbons (Fsp3) is 0.667. The summed E-state index contributed by atoms with van der Waals surface area (Å²) < 4.78 is 0. The van der Waals surface area contributed by atoms with E-state index < -0.39 is 0 Å². The van der Waals surface area contributed by atoms with E-state index in [0.717, 1.165) is 23.1 Å². The molecule has 0 aliphatic rings. The second-order valence-corrected chi connectivity index (χ2v) is 3.26. The highest BCUT2D eigenvalue weighted by atomic mass is 32.1. The Hall–Kier alpha value is -0.480. The van der Waals surface area contributed by atoms with Gasteiger partial charge in [0.15, 0.2) is 0 Å². The van der Waals surface area contributed by atoms with Crippen LogP contribution >= 0.6 is 11.3 Å². The molecule has 0 unspecified atom stereocenters. The third-order valence-corrected chi connectivity index (χ3v) is 1.93. The first-order valence-electron chi connectivity index (χ1n) is 3.32. The van der Waals surface area contributed by atoms with Gasteiger partial charge in [-0.05, 0) is 13.5 Å². The van der Waals surface area contributed by atoms with E-state index in [1.807, 2.05) is 6.92 Å². The van der Waals surface area contributed by atoms with Crippen LogP contribution in [0, 0.1) is 6.92 Å². The molecule has 0 fully saturated rings. The van der Waals surface area contributed by atoms with Gasteiger partial charge in [0.2, 0.25) is 0 Å². The Kier molecular flexibility index (Phi) is 2.77. The van der Waals surface area contributed by atoms with Gasteiger partial charge in [-0.15, -0.1) is 21.5 Å². The van der Waals surface area contributed by atoms with Gasteiger partial charge in [0, 0.05) is 7.97 Å². The van der Waals surface area contributed by atoms with Crippen molar-refractivity contribution in [3.8, 4) is 0 Å². The minimum Gasteiger partial charge on any atom is -0.311 e. The van der Waals surface area contributed by atoms with E-state index in [1.54, 1.807) is 11.3 Å². The first-order valence-corrected chi connectivity index (χ1v) is 4.14. The first-order chi connectivity index (χ1) is 4.83. The number of nitrogens with zero attached hydrogens (tertiary/aromatic N) is 2. The van der Waals surface area contributed by atoms with Crippen LogP contribution in [0.3, 0.4) is 0 Å². The van der Waals surface area contributed by atoms with E-state index in [1.165, 1.54) is 0 Å². The Balaban J connectivity index is 0.000001000. The highest BCUT2D eigenvalue weighted by Crippen LogP contribution is 2.06. The molecule has 0 saturated carbocycles. The Morgan fingerprint density at radius 3 is 2.90 bits per heavy atom. The van der Waals surface area contributed by atoms with Crippen LogP contribution in [-0.4, -0.2) is 16.7 Å². The third-order valence-electron chi connectivity index (χ3n) is 1.09. The van der Waals surface area contributed by atoms with Crippen molar-refractivity contribution in [3.05, 3.63) is 10.0 Å². The van der Waals surface area contributed by atoms with E-state index in [0.29, 0.717) is 0 Å². The molecule has 0 atom stereocenters. The van der Waals surface area contributed by atoms with Crippen LogP contribution < -0.4 is 5.32 Å². The van der Waals surface area contributed by atoms with Gasteiger partial charge in [0.25, 0.3) is 0 Å². The summed E-state index contributed by atoms with van der Waals surface area (Å²) in [6.07, 6.45) is 0. The summed E-state index contributed by atoms with van der Waals surface area (Å²) in [6.45, 7) is 5.88. The lowest BCUT2D eigenvalue weighted by molar-refractivity contribution is 0.714. The van der Waals surface area contributed by atoms with E-state index in [2.05, 4.69) is 22.4 Å². The Labute approximate surface area is 66.0 Å². The van der Waals surface area contributed by atoms with Gasteiger partial charge in [-0.25, -0.2) is 0 Å². The predicted octanol–water partition coefficient (Wildman–Crippen LogP) is 1.20. The smallest absolute Gasteiger partial charge is 0.131 e. The summed E-state index contributed by atoms with van der Waals surface area (Å²) in [6, 6.07) is 0. The molecule has 4 heteroatoms. The number of aromatic nitrogens is 2. The topological polar surface area (TPSA) is 37.8 Å². The standard InChI is InChI=1S/C6H11N3S.H2/c1-3-7-4-6-9-8-5(2)10-6;/h7H,3-4H2,1-2H3;1H. The van der Waals surface area contributed by atoms with Crippen LogP contribution in [0.2, 0.25) is 0 Å². The molecule has 0 spiro atoms. The number of hydrogen-bond donors (Lipinski definition) is 1. The van der Waals surface area contributed by atoms with Crippen LogP contribution in [0.5, 0.6) is 0 Å². The maximum atomic E-state index is 3.96. The van der Waals surface area contributed by atoms with Crippen molar-refractivity contribution in [2.75, 3.05) is 6.54 Å². The Bertz CT molecular complexity index is 201. The lowest BCUT2D eigenvalue weighted by Gasteiger charge is -1.92. The molecule has 1 aromatic heterocycles. The highest BCUT2D eigenvalue weighted by molar-refractivity contribution is 7.11. The molecular weight excluding hydrogens is 146 g/mol. The van der Waals surface area contributed by atoms with Crippen molar-refractivity contribution in [2.24, 2.45) is 0 Å². The molecule has 0 aromatic carbocycles. The summed E-state index contributed by atoms with van der Waals surface area (Å²) in [5.41, 5.74) is 0. The van der Waals surface area contributed by atoms with Gasteiger partial charge in [0.1, 0.15) is 10.0 Å². The number of nitrogens with one attached hydrogen (secondary N) is 1. The van der Waals surface area contributed by atoms with Crippen LogP contribution in [0.15, 0.2) is 0 Å². The van der Waals surface area contributed by atoms with Gasteiger partial charge in [-0.1, -0.05) is 6.92 Å². The molecule has 1 N–H and O–H groups in total. The third kappa shape index (κ3) is 2.04. The number of aryl methyl sites for hydroxylation is 1. The molecular formula is C6H13N3S. The molecule has 3 nitrogen and oxygen atoms in total. The van der Waals surface area contributed by atoms with Gasteiger partial charge in [-0.2, -0.15) is 0 Å². The van der Waals surface area contributed by atoms with E-state index in [-0.39, 0.29) is 1.43 Å². The van der Waals surface area contributed by atoms with Gasteiger partial charge < -0.3 is 5.32 Å². The van der Waals surface area contributed by atoms with Crippen LogP contribution in [-0.2, 0) is 6.54 Å². The SMILES string of the molecule is CCNCc1nnc(C)s1.[HH]. The van der Waals surface area contributed by atoms with Crippen molar-refractivity contribution in [1.29, 1.82) is 0 Å². The largest absolute Gasteiger partial charge is 0.311 e. The van der Waals surface area contributed by atoms with Gasteiger partial charge in [0.05, 0.1) is 0 Å². The maximum absolute atomic E-state index is 3.96. The van der Waals surface area contributed by atoms with Crippen molar-refractivity contribution < 1.29 is 1.43 Å². The molecule has 0 bridgehead atoms. The summed E-state index contributed by atoms with van der Waals surface area (Å²) in [4.78, 5) is 0. The minimum absolute atomic E-state index is 0. The number of rotatable bonds is 3. The van der Waals surface area contributed by atoms with Crippen molar-refractivity contribution in [2.45, 2.75) is 20.4 Å². The zero-order chi connectivity index (χ0) is 7.40. The van der Waals surface area contributed by atoms with Crippen molar-refractivity contribution in [1.82, 2.24) is 15.5 Å². The molecule has 0 radical (unpaired) electrons. The zero-order valence-corrected chi connectivity index (χ0v) is 7.03. The minimum atomic E-state index is 0. The monoisotopic (exact) mass is 159 g/mol. The number of hydrogen-bond acceptors (Lipinski definition) is 4. The van der Waals surface area contributed by atoms with Crippen molar-refractivity contribution in [3.63, 3.8) is 0 Å². The fourth-order valence-electron chi connectivity index (χ4n) is 0.641. The predicted molar refractivity (Wildman–Crippen MR) is 44.1 cm³/mol. The lowest BCUT2D eigenvalue weighted by Crippen LogP contribution is -2.11. The lowest BCUT2D eigenvalue weighted by atomic mass is 10.6. The average molecular weight is 159 g/mol. The molecule has 0 amide bonds. The van der Waals surface area contributed by atoms with E-state index >= 15 is 0 Å². The quantitative estimate of drug-likeness (QED) is 0.720. The van der Waals surface area contributed by atoms with E-state index in [9.17, 15) is 0 Å². The molecule has 1 rings (SSSR count). The maximum Gasteiger partial charge on any atom is 0.131 e. The Morgan fingerprint density at radius 2 is 2.40 bits per heavy atom. The van der Waals surface area contributed by atoms with Gasteiger partial charge in [-0.3, -0.25) is 0 Å². The molecule has 0 saturated heterocycles. The second kappa shape index (κ2) is 3.63. The molecule has 1 aromatic rings. The summed E-state index contributed by atoms with van der Waals surface area (Å²) in [5, 5.41) is 13.1. The summed E-state index contributed by atoms with van der Waals surface area (Å²) >= 11 is 1.64. The fourth-order valence-corrected chi connectivity index (χ4v) is 1.32. The van der Waals surface area contributed by atoms with E-state index in [4.69, 9.17) is 0 Å². The summed E-state index contributed by atoms with van der Waals surface area (Å²) in [5.74, 6) is 0. The summed E-state index contributed by atoms with van der Waals surface area (Å²) in [7, 11) is 0. The molecule has 1 heterocycles. The first kappa shape index (κ1) is 7.63. The highest BCUT2D eigenvalue weighted by Gasteiger charge is 1.96. The normalized spacial score (nSPS) is 10.2. The van der Waals surface area contributed by atoms with Crippen LogP contribution in [0.25, 0.3) is 0 Å². The van der Waals surface area contributed by atoms with Crippen LogP contribution in [0.4, 0.5) is 0 Å².